The number of nitrogens with one attached hydrogen (secondary N) is 2. The Morgan fingerprint density at radius 2 is 1.54 bits per heavy atom. The number of halogens is 3. The number of ether oxygens (including phenoxy) is 3. The Morgan fingerprint density at radius 1 is 0.892 bits per heavy atom. The summed E-state index contributed by atoms with van der Waals surface area (Å²) in [6, 6.07) is 12.6. The van der Waals surface area contributed by atoms with Gasteiger partial charge in [0.2, 0.25) is 0 Å². The van der Waals surface area contributed by atoms with E-state index in [1.54, 1.807) is 0 Å². The molecule has 1 unspecified atom stereocenters. The molecule has 0 saturated carbocycles. The smallest absolute Gasteiger partial charge is 0.338 e. The quantitative estimate of drug-likeness (QED) is 0.281. The lowest BCUT2D eigenvalue weighted by atomic mass is 10.2. The number of esters is 1. The average Bonchev–Trinajstić information content (AvgIpc) is 2.87. The van der Waals surface area contributed by atoms with Crippen LogP contribution in [-0.4, -0.2) is 39.6 Å². The minimum atomic E-state index is -3.93. The lowest BCUT2D eigenvalue weighted by molar-refractivity contribution is -0.123. The third kappa shape index (κ3) is 6.40. The van der Waals surface area contributed by atoms with Crippen molar-refractivity contribution >= 4 is 68.1 Å². The third-order valence-electron chi connectivity index (χ3n) is 5.12. The number of hydrogen-bond donors (Lipinski definition) is 2. The molecule has 13 heteroatoms. The van der Waals surface area contributed by atoms with E-state index in [2.05, 4.69) is 10.0 Å². The molecule has 1 aliphatic heterocycles. The standard InChI is InChI=1S/C24H19Cl3N2O7S/c1-13(23(30)28-20-12-18(26)17(25)11-19(20)27)36-24(31)14-2-4-15(5-3-14)29-37(32,33)16-6-7-21-22(10-16)35-9-8-34-21/h2-7,10-13,29H,8-9H2,1H3,(H,28,30). The average molecular weight is 586 g/mol. The van der Waals surface area contributed by atoms with Gasteiger partial charge in [-0.2, -0.15) is 0 Å². The van der Waals surface area contributed by atoms with Crippen molar-refractivity contribution in [3.63, 3.8) is 0 Å². The molecule has 0 radical (unpaired) electrons. The van der Waals surface area contributed by atoms with Gasteiger partial charge < -0.3 is 19.5 Å². The van der Waals surface area contributed by atoms with E-state index in [-0.39, 0.29) is 36.9 Å². The van der Waals surface area contributed by atoms with Crippen LogP contribution in [-0.2, 0) is 19.6 Å². The first kappa shape index (κ1) is 26.9. The third-order valence-corrected chi connectivity index (χ3v) is 7.53. The van der Waals surface area contributed by atoms with E-state index in [0.29, 0.717) is 24.7 Å². The lowest BCUT2D eigenvalue weighted by Gasteiger charge is -2.19. The summed E-state index contributed by atoms with van der Waals surface area (Å²) in [6.07, 6.45) is -1.17. The highest BCUT2D eigenvalue weighted by molar-refractivity contribution is 7.92. The van der Waals surface area contributed by atoms with Crippen molar-refractivity contribution in [1.82, 2.24) is 0 Å². The van der Waals surface area contributed by atoms with Gasteiger partial charge in [-0.3, -0.25) is 9.52 Å². The highest BCUT2D eigenvalue weighted by atomic mass is 35.5. The first-order valence-corrected chi connectivity index (χ1v) is 13.3. The van der Waals surface area contributed by atoms with Crippen LogP contribution < -0.4 is 19.5 Å². The number of amides is 1. The zero-order chi connectivity index (χ0) is 26.7. The SMILES string of the molecule is CC(OC(=O)c1ccc(NS(=O)(=O)c2ccc3c(c2)OCCO3)cc1)C(=O)Nc1cc(Cl)c(Cl)cc1Cl. The Kier molecular flexibility index (Phi) is 8.03. The van der Waals surface area contributed by atoms with Gasteiger partial charge in [-0.05, 0) is 55.5 Å². The lowest BCUT2D eigenvalue weighted by Crippen LogP contribution is -2.30. The topological polar surface area (TPSA) is 120 Å². The molecule has 4 rings (SSSR count). The first-order valence-electron chi connectivity index (χ1n) is 10.7. The second-order valence-electron chi connectivity index (χ2n) is 7.77. The molecule has 1 heterocycles. The van der Waals surface area contributed by atoms with Gasteiger partial charge in [-0.25, -0.2) is 13.2 Å². The van der Waals surface area contributed by atoms with Crippen LogP contribution in [0.15, 0.2) is 59.5 Å². The van der Waals surface area contributed by atoms with Crippen LogP contribution in [0.2, 0.25) is 15.1 Å². The van der Waals surface area contributed by atoms with Crippen LogP contribution in [0.5, 0.6) is 11.5 Å². The van der Waals surface area contributed by atoms with Crippen LogP contribution in [0, 0.1) is 0 Å². The van der Waals surface area contributed by atoms with E-state index in [0.717, 1.165) is 0 Å². The van der Waals surface area contributed by atoms with Crippen molar-refractivity contribution in [2.45, 2.75) is 17.9 Å². The Balaban J connectivity index is 1.38. The van der Waals surface area contributed by atoms with Crippen LogP contribution in [0.25, 0.3) is 0 Å². The molecule has 37 heavy (non-hydrogen) atoms. The molecule has 0 saturated heterocycles. The maximum absolute atomic E-state index is 12.8. The van der Waals surface area contributed by atoms with Crippen molar-refractivity contribution in [3.8, 4) is 11.5 Å². The fourth-order valence-electron chi connectivity index (χ4n) is 3.21. The van der Waals surface area contributed by atoms with Crippen LogP contribution in [0.4, 0.5) is 11.4 Å². The summed E-state index contributed by atoms with van der Waals surface area (Å²) in [6.45, 7) is 2.10. The summed E-state index contributed by atoms with van der Waals surface area (Å²) in [4.78, 5) is 24.9. The van der Waals surface area contributed by atoms with Gasteiger partial charge in [-0.15, -0.1) is 0 Å². The van der Waals surface area contributed by atoms with Gasteiger partial charge in [0.1, 0.15) is 13.2 Å². The molecule has 0 aliphatic carbocycles. The number of hydrogen-bond acceptors (Lipinski definition) is 7. The second-order valence-corrected chi connectivity index (χ2v) is 10.7. The minimum Gasteiger partial charge on any atom is -0.486 e. The molecule has 3 aromatic carbocycles. The van der Waals surface area contributed by atoms with Gasteiger partial charge in [0.25, 0.3) is 15.9 Å². The number of benzene rings is 3. The largest absolute Gasteiger partial charge is 0.486 e. The minimum absolute atomic E-state index is 0.0119. The summed E-state index contributed by atoms with van der Waals surface area (Å²) in [5.41, 5.74) is 0.527. The van der Waals surface area contributed by atoms with Crippen molar-refractivity contribution in [2.75, 3.05) is 23.3 Å². The van der Waals surface area contributed by atoms with Crippen molar-refractivity contribution in [3.05, 3.63) is 75.2 Å². The summed E-state index contributed by atoms with van der Waals surface area (Å²) in [5, 5.41) is 3.10. The van der Waals surface area contributed by atoms with E-state index in [4.69, 9.17) is 49.0 Å². The molecule has 0 fully saturated rings. The van der Waals surface area contributed by atoms with E-state index < -0.39 is 28.0 Å². The molecule has 0 spiro atoms. The fraction of sp³-hybridized carbons (Fsp3) is 0.167. The maximum Gasteiger partial charge on any atom is 0.338 e. The molecule has 9 nitrogen and oxygen atoms in total. The number of carbonyl (C=O) groups is 2. The fourth-order valence-corrected chi connectivity index (χ4v) is 4.88. The Bertz CT molecular complexity index is 1460. The maximum atomic E-state index is 12.8. The van der Waals surface area contributed by atoms with Gasteiger partial charge in [0, 0.05) is 11.8 Å². The van der Waals surface area contributed by atoms with E-state index in [9.17, 15) is 18.0 Å². The summed E-state index contributed by atoms with van der Waals surface area (Å²) in [5.74, 6) is -0.621. The van der Waals surface area contributed by atoms with Crippen molar-refractivity contribution in [2.24, 2.45) is 0 Å². The molecule has 1 aliphatic rings. The van der Waals surface area contributed by atoms with Gasteiger partial charge in [-0.1, -0.05) is 34.8 Å². The van der Waals surface area contributed by atoms with Crippen molar-refractivity contribution < 1.29 is 32.2 Å². The number of sulfonamides is 1. The predicted molar refractivity (Wildman–Crippen MR) is 140 cm³/mol. The summed E-state index contributed by atoms with van der Waals surface area (Å²) < 4.78 is 44.0. The van der Waals surface area contributed by atoms with E-state index >= 15 is 0 Å². The summed E-state index contributed by atoms with van der Waals surface area (Å²) >= 11 is 17.9. The van der Waals surface area contributed by atoms with Gasteiger partial charge in [0.15, 0.2) is 17.6 Å². The molecule has 0 bridgehead atoms. The Labute approximate surface area is 227 Å². The summed E-state index contributed by atoms with van der Waals surface area (Å²) in [7, 11) is -3.93. The van der Waals surface area contributed by atoms with E-state index in [1.807, 2.05) is 0 Å². The zero-order valence-electron chi connectivity index (χ0n) is 19.1. The molecule has 2 N–H and O–H groups in total. The number of fused-ring (bicyclic) bond motifs is 1. The molecule has 1 amide bonds. The molecule has 1 atom stereocenters. The highest BCUT2D eigenvalue weighted by Gasteiger charge is 2.22. The van der Waals surface area contributed by atoms with Crippen LogP contribution in [0.1, 0.15) is 17.3 Å². The molecule has 194 valence electrons. The van der Waals surface area contributed by atoms with Crippen LogP contribution >= 0.6 is 34.8 Å². The number of carbonyl (C=O) groups excluding carboxylic acids is 2. The number of rotatable bonds is 7. The predicted octanol–water partition coefficient (Wildman–Crippen LogP) is 5.40. The Morgan fingerprint density at radius 3 is 2.24 bits per heavy atom. The van der Waals surface area contributed by atoms with Gasteiger partial charge >= 0.3 is 5.97 Å². The van der Waals surface area contributed by atoms with E-state index in [1.165, 1.54) is 61.5 Å². The normalized spacial score (nSPS) is 13.4. The van der Waals surface area contributed by atoms with Crippen molar-refractivity contribution in [1.29, 1.82) is 0 Å². The second kappa shape index (κ2) is 11.1. The molecule has 3 aromatic rings. The van der Waals surface area contributed by atoms with Gasteiger partial charge in [0.05, 0.1) is 31.2 Å². The molecular weight excluding hydrogens is 567 g/mol. The van der Waals surface area contributed by atoms with Crippen LogP contribution in [0.3, 0.4) is 0 Å². The molecule has 0 aromatic heterocycles. The molecular formula is C24H19Cl3N2O7S. The number of anilines is 2. The highest BCUT2D eigenvalue weighted by Crippen LogP contribution is 2.33. The zero-order valence-corrected chi connectivity index (χ0v) is 22.2. The monoisotopic (exact) mass is 584 g/mol. The first-order chi connectivity index (χ1) is 17.5. The Hall–Kier alpha value is -3.18.